The average molecular weight is 352 g/mol. The van der Waals surface area contributed by atoms with Gasteiger partial charge in [0, 0.05) is 13.1 Å². The Morgan fingerprint density at radius 2 is 2.08 bits per heavy atom. The third kappa shape index (κ3) is 4.46. The molecule has 0 aromatic heterocycles. The number of rotatable bonds is 5. The Labute approximate surface area is 145 Å². The van der Waals surface area contributed by atoms with Gasteiger partial charge in [-0.05, 0) is 49.3 Å². The molecule has 0 unspecified atom stereocenters. The number of amides is 2. The van der Waals surface area contributed by atoms with Crippen LogP contribution in [0.1, 0.15) is 24.8 Å². The molecule has 7 heteroatoms. The minimum atomic E-state index is -0.835. The first kappa shape index (κ1) is 17.6. The van der Waals surface area contributed by atoms with E-state index in [0.29, 0.717) is 38.6 Å². The van der Waals surface area contributed by atoms with Gasteiger partial charge in [-0.15, -0.1) is 0 Å². The highest BCUT2D eigenvalue weighted by Crippen LogP contribution is 2.22. The molecule has 2 saturated heterocycles. The monoisotopic (exact) mass is 352 g/mol. The van der Waals surface area contributed by atoms with Crippen LogP contribution in [0.3, 0.4) is 0 Å². The van der Waals surface area contributed by atoms with Crippen LogP contribution in [0.4, 0.5) is 13.6 Å². The molecule has 2 amide bonds. The van der Waals surface area contributed by atoms with Gasteiger partial charge in [0.25, 0.3) is 0 Å². The van der Waals surface area contributed by atoms with Crippen LogP contribution in [0.2, 0.25) is 0 Å². The summed E-state index contributed by atoms with van der Waals surface area (Å²) in [5.41, 5.74) is 0.766. The molecule has 1 atom stereocenters. The SMILES string of the molecule is O=C(CN1CCOC1=O)N1CCC[C@@H](CCc2ccc(F)c(F)c2)C1. The topological polar surface area (TPSA) is 49.9 Å². The van der Waals surface area contributed by atoms with Gasteiger partial charge in [0.05, 0.1) is 6.54 Å². The summed E-state index contributed by atoms with van der Waals surface area (Å²) in [6, 6.07) is 3.99. The maximum Gasteiger partial charge on any atom is 0.410 e. The Morgan fingerprint density at radius 1 is 1.24 bits per heavy atom. The molecule has 0 saturated carbocycles. The second-order valence-corrected chi connectivity index (χ2v) is 6.67. The number of hydrogen-bond donors (Lipinski definition) is 0. The number of benzene rings is 1. The summed E-state index contributed by atoms with van der Waals surface area (Å²) < 4.78 is 31.1. The van der Waals surface area contributed by atoms with Crippen LogP contribution in [-0.2, 0) is 16.0 Å². The lowest BCUT2D eigenvalue weighted by atomic mass is 9.91. The Hall–Kier alpha value is -2.18. The van der Waals surface area contributed by atoms with Crippen molar-refractivity contribution in [3.8, 4) is 0 Å². The van der Waals surface area contributed by atoms with Crippen molar-refractivity contribution < 1.29 is 23.1 Å². The van der Waals surface area contributed by atoms with Gasteiger partial charge in [-0.25, -0.2) is 13.6 Å². The molecule has 0 N–H and O–H groups in total. The van der Waals surface area contributed by atoms with Gasteiger partial charge >= 0.3 is 6.09 Å². The number of ether oxygens (including phenoxy) is 1. The largest absolute Gasteiger partial charge is 0.448 e. The molecule has 5 nitrogen and oxygen atoms in total. The average Bonchev–Trinajstić information content (AvgIpc) is 3.01. The molecule has 2 aliphatic rings. The molecular weight excluding hydrogens is 330 g/mol. The van der Waals surface area contributed by atoms with E-state index in [1.54, 1.807) is 11.0 Å². The zero-order valence-corrected chi connectivity index (χ0v) is 14.0. The Morgan fingerprint density at radius 3 is 2.80 bits per heavy atom. The molecular formula is C18H22F2N2O3. The van der Waals surface area contributed by atoms with Gasteiger partial charge in [0.15, 0.2) is 11.6 Å². The van der Waals surface area contributed by atoms with Crippen LogP contribution < -0.4 is 0 Å². The quantitative estimate of drug-likeness (QED) is 0.818. The van der Waals surface area contributed by atoms with Gasteiger partial charge in [0.1, 0.15) is 13.2 Å². The van der Waals surface area contributed by atoms with Gasteiger partial charge in [0.2, 0.25) is 5.91 Å². The number of carbonyl (C=O) groups excluding carboxylic acids is 2. The molecule has 0 aliphatic carbocycles. The fourth-order valence-corrected chi connectivity index (χ4v) is 3.43. The first-order valence-electron chi connectivity index (χ1n) is 8.66. The molecule has 25 heavy (non-hydrogen) atoms. The van der Waals surface area contributed by atoms with E-state index < -0.39 is 17.7 Å². The molecule has 2 heterocycles. The number of carbonyl (C=O) groups is 2. The van der Waals surface area contributed by atoms with Crippen LogP contribution in [-0.4, -0.2) is 54.6 Å². The van der Waals surface area contributed by atoms with Gasteiger partial charge in [-0.1, -0.05) is 6.07 Å². The predicted molar refractivity (Wildman–Crippen MR) is 86.9 cm³/mol. The number of nitrogens with zero attached hydrogens (tertiary/aromatic N) is 2. The number of piperidine rings is 1. The molecule has 2 aliphatic heterocycles. The smallest absolute Gasteiger partial charge is 0.410 e. The van der Waals surface area contributed by atoms with Crippen LogP contribution in [0.5, 0.6) is 0 Å². The minimum Gasteiger partial charge on any atom is -0.448 e. The fourth-order valence-electron chi connectivity index (χ4n) is 3.43. The molecule has 1 aromatic rings. The van der Waals surface area contributed by atoms with E-state index in [1.165, 1.54) is 11.0 Å². The summed E-state index contributed by atoms with van der Waals surface area (Å²) in [5.74, 6) is -1.39. The summed E-state index contributed by atoms with van der Waals surface area (Å²) in [6.07, 6.45) is 2.97. The zero-order valence-electron chi connectivity index (χ0n) is 14.0. The van der Waals surface area contributed by atoms with Crippen LogP contribution >= 0.6 is 0 Å². The Bertz CT molecular complexity index is 653. The third-order valence-corrected chi connectivity index (χ3v) is 4.87. The van der Waals surface area contributed by atoms with Crippen molar-refractivity contribution in [3.05, 3.63) is 35.4 Å². The van der Waals surface area contributed by atoms with Crippen molar-refractivity contribution in [3.63, 3.8) is 0 Å². The van der Waals surface area contributed by atoms with E-state index in [4.69, 9.17) is 4.74 Å². The third-order valence-electron chi connectivity index (χ3n) is 4.87. The number of aryl methyl sites for hydroxylation is 1. The van der Waals surface area contributed by atoms with Crippen LogP contribution in [0.25, 0.3) is 0 Å². The number of likely N-dealkylation sites (tertiary alicyclic amines) is 1. The van der Waals surface area contributed by atoms with Crippen LogP contribution in [0.15, 0.2) is 18.2 Å². The highest BCUT2D eigenvalue weighted by molar-refractivity contribution is 5.83. The van der Waals surface area contributed by atoms with Gasteiger partial charge in [-0.3, -0.25) is 9.69 Å². The number of halogens is 2. The first-order valence-corrected chi connectivity index (χ1v) is 8.66. The van der Waals surface area contributed by atoms with E-state index in [-0.39, 0.29) is 12.5 Å². The summed E-state index contributed by atoms with van der Waals surface area (Å²) >= 11 is 0. The molecule has 0 spiro atoms. The van der Waals surface area contributed by atoms with E-state index in [1.807, 2.05) is 0 Å². The number of hydrogen-bond acceptors (Lipinski definition) is 3. The summed E-state index contributed by atoms with van der Waals surface area (Å²) in [7, 11) is 0. The second-order valence-electron chi connectivity index (χ2n) is 6.67. The molecule has 1 aromatic carbocycles. The highest BCUT2D eigenvalue weighted by Gasteiger charge is 2.29. The standard InChI is InChI=1S/C18H22F2N2O3/c19-15-6-5-13(10-16(15)20)3-4-14-2-1-7-21(11-14)17(23)12-22-8-9-25-18(22)24/h5-6,10,14H,1-4,7-9,11-12H2/t14-/m0/s1. The Kier molecular flexibility index (Phi) is 5.50. The summed E-state index contributed by atoms with van der Waals surface area (Å²) in [5, 5.41) is 0. The van der Waals surface area contributed by atoms with Crippen molar-refractivity contribution in [1.29, 1.82) is 0 Å². The van der Waals surface area contributed by atoms with Crippen LogP contribution in [0, 0.1) is 17.6 Å². The van der Waals surface area contributed by atoms with Gasteiger partial charge in [-0.2, -0.15) is 0 Å². The lowest BCUT2D eigenvalue weighted by Gasteiger charge is -2.33. The lowest BCUT2D eigenvalue weighted by molar-refractivity contribution is -0.133. The molecule has 0 radical (unpaired) electrons. The molecule has 3 rings (SSSR count). The summed E-state index contributed by atoms with van der Waals surface area (Å²) in [4.78, 5) is 27.1. The van der Waals surface area contributed by atoms with Crippen molar-refractivity contribution in [2.45, 2.75) is 25.7 Å². The maximum absolute atomic E-state index is 13.3. The number of cyclic esters (lactones) is 1. The van der Waals surface area contributed by atoms with Crippen molar-refractivity contribution in [1.82, 2.24) is 9.80 Å². The predicted octanol–water partition coefficient (Wildman–Crippen LogP) is 2.59. The second kappa shape index (κ2) is 7.80. The highest BCUT2D eigenvalue weighted by atomic mass is 19.2. The molecule has 136 valence electrons. The van der Waals surface area contributed by atoms with E-state index in [9.17, 15) is 18.4 Å². The van der Waals surface area contributed by atoms with Crippen molar-refractivity contribution >= 4 is 12.0 Å². The molecule has 0 bridgehead atoms. The Balaban J connectivity index is 1.49. The fraction of sp³-hybridized carbons (Fsp3) is 0.556. The first-order chi connectivity index (χ1) is 12.0. The van der Waals surface area contributed by atoms with Gasteiger partial charge < -0.3 is 9.64 Å². The maximum atomic E-state index is 13.3. The minimum absolute atomic E-state index is 0.0589. The summed E-state index contributed by atoms with van der Waals surface area (Å²) in [6.45, 7) is 2.20. The van der Waals surface area contributed by atoms with E-state index >= 15 is 0 Å². The van der Waals surface area contributed by atoms with Crippen molar-refractivity contribution in [2.75, 3.05) is 32.8 Å². The normalized spacial score (nSPS) is 20.7. The lowest BCUT2D eigenvalue weighted by Crippen LogP contribution is -2.45. The molecule has 2 fully saturated rings. The van der Waals surface area contributed by atoms with Crippen molar-refractivity contribution in [2.24, 2.45) is 5.92 Å². The van der Waals surface area contributed by atoms with E-state index in [0.717, 1.165) is 30.9 Å². The zero-order chi connectivity index (χ0) is 17.8. The van der Waals surface area contributed by atoms with E-state index in [2.05, 4.69) is 0 Å².